The fourth-order valence-corrected chi connectivity index (χ4v) is 1.91. The lowest BCUT2D eigenvalue weighted by Crippen LogP contribution is -2.38. The van der Waals surface area contributed by atoms with E-state index in [0.717, 1.165) is 0 Å². The number of hydrogen-bond donors (Lipinski definition) is 2. The van der Waals surface area contributed by atoms with Gasteiger partial charge in [-0.1, -0.05) is 13.8 Å². The van der Waals surface area contributed by atoms with Crippen molar-refractivity contribution in [3.8, 4) is 0 Å². The molecule has 0 aromatic carbocycles. The predicted molar refractivity (Wildman–Crippen MR) is 59.8 cm³/mol. The quantitative estimate of drug-likeness (QED) is 0.705. The SMILES string of the molecule is CC(C(=O)O)C(C)C(=O)N1CCC(C(N)=O)C1. The van der Waals surface area contributed by atoms with Crippen LogP contribution in [0, 0.1) is 17.8 Å². The lowest BCUT2D eigenvalue weighted by molar-refractivity contribution is -0.148. The minimum atomic E-state index is -0.989. The lowest BCUT2D eigenvalue weighted by Gasteiger charge is -2.22. The van der Waals surface area contributed by atoms with Crippen LogP contribution in [-0.2, 0) is 14.4 Å². The van der Waals surface area contributed by atoms with Crippen molar-refractivity contribution in [2.45, 2.75) is 20.3 Å². The van der Waals surface area contributed by atoms with Crippen LogP contribution >= 0.6 is 0 Å². The average Bonchev–Trinajstić information content (AvgIpc) is 2.75. The first kappa shape index (κ1) is 13.5. The van der Waals surface area contributed by atoms with Crippen molar-refractivity contribution in [3.63, 3.8) is 0 Å². The van der Waals surface area contributed by atoms with Crippen LogP contribution in [-0.4, -0.2) is 40.9 Å². The molecule has 1 aliphatic heterocycles. The number of aliphatic carboxylic acids is 1. The number of carboxylic acids is 1. The molecule has 2 amide bonds. The normalized spacial score (nSPS) is 23.2. The van der Waals surface area contributed by atoms with Crippen molar-refractivity contribution >= 4 is 17.8 Å². The molecule has 0 aliphatic carbocycles. The van der Waals surface area contributed by atoms with E-state index in [1.165, 1.54) is 11.8 Å². The highest BCUT2D eigenvalue weighted by Crippen LogP contribution is 2.21. The second-order valence-corrected chi connectivity index (χ2v) is 4.59. The van der Waals surface area contributed by atoms with Gasteiger partial charge >= 0.3 is 5.97 Å². The van der Waals surface area contributed by atoms with Crippen LogP contribution in [0.1, 0.15) is 20.3 Å². The molecule has 0 bridgehead atoms. The van der Waals surface area contributed by atoms with E-state index in [1.54, 1.807) is 6.92 Å². The molecule has 1 fully saturated rings. The summed E-state index contributed by atoms with van der Waals surface area (Å²) >= 11 is 0. The summed E-state index contributed by atoms with van der Waals surface area (Å²) < 4.78 is 0. The summed E-state index contributed by atoms with van der Waals surface area (Å²) in [6.45, 7) is 3.89. The summed E-state index contributed by atoms with van der Waals surface area (Å²) in [5.41, 5.74) is 5.17. The number of carboxylic acid groups (broad SMARTS) is 1. The molecule has 17 heavy (non-hydrogen) atoms. The molecule has 3 N–H and O–H groups in total. The molecule has 3 unspecified atom stereocenters. The third kappa shape index (κ3) is 2.95. The first-order valence-electron chi connectivity index (χ1n) is 5.65. The molecule has 0 spiro atoms. The molecular formula is C11H18N2O4. The zero-order valence-electron chi connectivity index (χ0n) is 10.0. The van der Waals surface area contributed by atoms with E-state index in [4.69, 9.17) is 10.8 Å². The predicted octanol–water partition coefficient (Wildman–Crippen LogP) is -0.323. The molecule has 0 radical (unpaired) electrons. The number of carbonyl (C=O) groups excluding carboxylic acids is 2. The van der Waals surface area contributed by atoms with Crippen LogP contribution in [0.25, 0.3) is 0 Å². The largest absolute Gasteiger partial charge is 0.481 e. The highest BCUT2D eigenvalue weighted by molar-refractivity contribution is 5.85. The van der Waals surface area contributed by atoms with Gasteiger partial charge in [0, 0.05) is 19.0 Å². The second kappa shape index (κ2) is 5.16. The van der Waals surface area contributed by atoms with Gasteiger partial charge in [-0.2, -0.15) is 0 Å². The van der Waals surface area contributed by atoms with Gasteiger partial charge in [0.15, 0.2) is 0 Å². The Bertz CT molecular complexity index is 342. The summed E-state index contributed by atoms with van der Waals surface area (Å²) in [6.07, 6.45) is 0.565. The van der Waals surface area contributed by atoms with Crippen molar-refractivity contribution in [1.29, 1.82) is 0 Å². The Kier molecular flexibility index (Phi) is 4.09. The minimum Gasteiger partial charge on any atom is -0.481 e. The first-order valence-corrected chi connectivity index (χ1v) is 5.65. The Hall–Kier alpha value is -1.59. The smallest absolute Gasteiger partial charge is 0.307 e. The van der Waals surface area contributed by atoms with Crippen LogP contribution in [0.15, 0.2) is 0 Å². The van der Waals surface area contributed by atoms with Crippen LogP contribution in [0.2, 0.25) is 0 Å². The van der Waals surface area contributed by atoms with E-state index in [9.17, 15) is 14.4 Å². The molecule has 1 aliphatic rings. The van der Waals surface area contributed by atoms with Crippen molar-refractivity contribution in [3.05, 3.63) is 0 Å². The van der Waals surface area contributed by atoms with Gasteiger partial charge in [-0.25, -0.2) is 0 Å². The molecule has 1 rings (SSSR count). The Labute approximate surface area is 99.8 Å². The fourth-order valence-electron chi connectivity index (χ4n) is 1.91. The van der Waals surface area contributed by atoms with Gasteiger partial charge in [0.05, 0.1) is 11.8 Å². The number of likely N-dealkylation sites (tertiary alicyclic amines) is 1. The number of nitrogens with zero attached hydrogens (tertiary/aromatic N) is 1. The molecule has 0 aromatic rings. The van der Waals surface area contributed by atoms with Gasteiger partial charge in [-0.15, -0.1) is 0 Å². The maximum absolute atomic E-state index is 12.0. The number of hydrogen-bond acceptors (Lipinski definition) is 3. The van der Waals surface area contributed by atoms with Gasteiger partial charge in [0.1, 0.15) is 0 Å². The molecule has 1 heterocycles. The Morgan fingerprint density at radius 3 is 2.29 bits per heavy atom. The van der Waals surface area contributed by atoms with Crippen molar-refractivity contribution in [1.82, 2.24) is 4.90 Å². The number of primary amides is 1. The minimum absolute atomic E-state index is 0.219. The van der Waals surface area contributed by atoms with Crippen LogP contribution in [0.5, 0.6) is 0 Å². The van der Waals surface area contributed by atoms with E-state index >= 15 is 0 Å². The molecule has 0 aromatic heterocycles. The van der Waals surface area contributed by atoms with E-state index in [0.29, 0.717) is 19.5 Å². The maximum Gasteiger partial charge on any atom is 0.307 e. The highest BCUT2D eigenvalue weighted by atomic mass is 16.4. The van der Waals surface area contributed by atoms with Crippen LogP contribution in [0.3, 0.4) is 0 Å². The zero-order valence-corrected chi connectivity index (χ0v) is 10.0. The molecule has 1 saturated heterocycles. The van der Waals surface area contributed by atoms with Gasteiger partial charge in [-0.3, -0.25) is 14.4 Å². The van der Waals surface area contributed by atoms with Gasteiger partial charge in [0.2, 0.25) is 11.8 Å². The molecule has 0 saturated carbocycles. The summed E-state index contributed by atoms with van der Waals surface area (Å²) in [5.74, 6) is -3.22. The maximum atomic E-state index is 12.0. The summed E-state index contributed by atoms with van der Waals surface area (Å²) in [7, 11) is 0. The molecule has 6 nitrogen and oxygen atoms in total. The van der Waals surface area contributed by atoms with Crippen LogP contribution < -0.4 is 5.73 Å². The second-order valence-electron chi connectivity index (χ2n) is 4.59. The third-order valence-corrected chi connectivity index (χ3v) is 3.43. The Morgan fingerprint density at radius 2 is 1.88 bits per heavy atom. The third-order valence-electron chi connectivity index (χ3n) is 3.43. The first-order chi connectivity index (χ1) is 7.84. The lowest BCUT2D eigenvalue weighted by atomic mass is 9.95. The Morgan fingerprint density at radius 1 is 1.29 bits per heavy atom. The van der Waals surface area contributed by atoms with Gasteiger partial charge in [0.25, 0.3) is 0 Å². The van der Waals surface area contributed by atoms with Crippen molar-refractivity contribution in [2.24, 2.45) is 23.5 Å². The standard InChI is InChI=1S/C11H18N2O4/c1-6(7(2)11(16)17)10(15)13-4-3-8(5-13)9(12)14/h6-8H,3-5H2,1-2H3,(H2,12,14)(H,16,17). The van der Waals surface area contributed by atoms with Crippen molar-refractivity contribution in [2.75, 3.05) is 13.1 Å². The fraction of sp³-hybridized carbons (Fsp3) is 0.727. The molecule has 6 heteroatoms. The molecule has 3 atom stereocenters. The highest BCUT2D eigenvalue weighted by Gasteiger charge is 2.34. The number of nitrogens with two attached hydrogens (primary N) is 1. The van der Waals surface area contributed by atoms with Gasteiger partial charge in [-0.05, 0) is 6.42 Å². The number of rotatable bonds is 4. The summed E-state index contributed by atoms with van der Waals surface area (Å²) in [5, 5.41) is 8.84. The molecular weight excluding hydrogens is 224 g/mol. The van der Waals surface area contributed by atoms with Crippen molar-refractivity contribution < 1.29 is 19.5 Å². The number of carbonyl (C=O) groups is 3. The average molecular weight is 242 g/mol. The topological polar surface area (TPSA) is 101 Å². The number of amides is 2. The van der Waals surface area contributed by atoms with E-state index in [-0.39, 0.29) is 11.8 Å². The summed E-state index contributed by atoms with van der Waals surface area (Å²) in [4.78, 5) is 35.3. The van der Waals surface area contributed by atoms with Crippen LogP contribution in [0.4, 0.5) is 0 Å². The van der Waals surface area contributed by atoms with E-state index < -0.39 is 23.7 Å². The summed E-state index contributed by atoms with van der Waals surface area (Å²) in [6, 6.07) is 0. The van der Waals surface area contributed by atoms with E-state index in [2.05, 4.69) is 0 Å². The van der Waals surface area contributed by atoms with E-state index in [1.807, 2.05) is 0 Å². The monoisotopic (exact) mass is 242 g/mol. The zero-order chi connectivity index (χ0) is 13.2. The Balaban J connectivity index is 2.60. The molecule has 96 valence electrons. The van der Waals surface area contributed by atoms with Gasteiger partial charge < -0.3 is 15.7 Å².